The molecular weight excluding hydrogens is 166 g/mol. The number of carbonyl (C=O) groups excluding carboxylic acids is 1. The van der Waals surface area contributed by atoms with Gasteiger partial charge in [-0.05, 0) is 0 Å². The van der Waals surface area contributed by atoms with Crippen molar-refractivity contribution >= 4 is 16.8 Å². The average molecular weight is 175 g/mol. The van der Waals surface area contributed by atoms with Crippen molar-refractivity contribution in [2.75, 3.05) is 18.1 Å². The van der Waals surface area contributed by atoms with Crippen LogP contribution < -0.4 is 0 Å². The summed E-state index contributed by atoms with van der Waals surface area (Å²) < 4.78 is 15.1. The van der Waals surface area contributed by atoms with Gasteiger partial charge in [-0.2, -0.15) is 5.26 Å². The first kappa shape index (κ1) is 10.1. The van der Waals surface area contributed by atoms with Crippen molar-refractivity contribution < 1.29 is 13.7 Å². The van der Waals surface area contributed by atoms with Crippen LogP contribution in [-0.4, -0.2) is 28.3 Å². The molecule has 11 heavy (non-hydrogen) atoms. The molecule has 5 heteroatoms. The van der Waals surface area contributed by atoms with E-state index in [2.05, 4.69) is 4.74 Å². The topological polar surface area (TPSA) is 67.2 Å². The van der Waals surface area contributed by atoms with E-state index in [1.807, 2.05) is 0 Å². The smallest absolute Gasteiger partial charge is 0.319 e. The maximum Gasteiger partial charge on any atom is 0.319 e. The molecular formula is C6H9NO3S. The van der Waals surface area contributed by atoms with Gasteiger partial charge in [0.25, 0.3) is 0 Å². The van der Waals surface area contributed by atoms with Crippen LogP contribution in [0.25, 0.3) is 0 Å². The van der Waals surface area contributed by atoms with Crippen LogP contribution in [0.2, 0.25) is 0 Å². The van der Waals surface area contributed by atoms with E-state index in [0.717, 1.165) is 0 Å². The van der Waals surface area contributed by atoms with E-state index in [9.17, 15) is 9.00 Å². The van der Waals surface area contributed by atoms with Gasteiger partial charge in [-0.15, -0.1) is 0 Å². The van der Waals surface area contributed by atoms with Crippen LogP contribution in [0.15, 0.2) is 0 Å². The zero-order valence-corrected chi connectivity index (χ0v) is 7.02. The third-order valence-corrected chi connectivity index (χ3v) is 2.10. The summed E-state index contributed by atoms with van der Waals surface area (Å²) in [4.78, 5) is 10.6. The van der Waals surface area contributed by atoms with Gasteiger partial charge < -0.3 is 4.74 Å². The van der Waals surface area contributed by atoms with Crippen molar-refractivity contribution in [1.82, 2.24) is 0 Å². The molecule has 0 aromatic rings. The molecule has 4 nitrogen and oxygen atoms in total. The number of nitriles is 1. The maximum absolute atomic E-state index is 10.7. The second kappa shape index (κ2) is 5.86. The first-order chi connectivity index (χ1) is 5.20. The predicted octanol–water partition coefficient (Wildman–Crippen LogP) is -0.178. The summed E-state index contributed by atoms with van der Waals surface area (Å²) in [6.07, 6.45) is 0. The summed E-state index contributed by atoms with van der Waals surface area (Å²) in [7, 11) is -1.14. The van der Waals surface area contributed by atoms with Gasteiger partial charge in [-0.25, -0.2) is 0 Å². The molecule has 0 aliphatic carbocycles. The Labute approximate surface area is 67.6 Å². The van der Waals surface area contributed by atoms with Crippen LogP contribution >= 0.6 is 0 Å². The number of hydrogen-bond donors (Lipinski definition) is 0. The Balaban J connectivity index is 3.54. The molecule has 0 heterocycles. The molecule has 0 saturated heterocycles. The quantitative estimate of drug-likeness (QED) is 0.556. The monoisotopic (exact) mass is 175 g/mol. The van der Waals surface area contributed by atoms with E-state index in [0.29, 0.717) is 5.75 Å². The van der Waals surface area contributed by atoms with Crippen molar-refractivity contribution in [2.24, 2.45) is 0 Å². The number of rotatable bonds is 4. The van der Waals surface area contributed by atoms with Gasteiger partial charge in [-0.1, -0.05) is 6.92 Å². The highest BCUT2D eigenvalue weighted by atomic mass is 32.2. The number of ether oxygens (including phenoxy) is 1. The minimum Gasteiger partial charge on any atom is -0.450 e. The lowest BCUT2D eigenvalue weighted by molar-refractivity contribution is -0.139. The minimum atomic E-state index is -1.14. The van der Waals surface area contributed by atoms with Gasteiger partial charge in [0.2, 0.25) is 0 Å². The molecule has 0 saturated carbocycles. The van der Waals surface area contributed by atoms with Crippen molar-refractivity contribution in [2.45, 2.75) is 6.92 Å². The molecule has 0 spiro atoms. The Morgan fingerprint density at radius 3 is 2.82 bits per heavy atom. The zero-order valence-electron chi connectivity index (χ0n) is 6.20. The molecule has 0 rings (SSSR count). The summed E-state index contributed by atoms with van der Waals surface area (Å²) in [5, 5.41) is 8.00. The highest BCUT2D eigenvalue weighted by Crippen LogP contribution is 1.85. The third-order valence-electron chi connectivity index (χ3n) is 0.899. The molecule has 0 aromatic heterocycles. The molecule has 0 aromatic carbocycles. The Bertz CT molecular complexity index is 196. The fourth-order valence-electron chi connectivity index (χ4n) is 0.388. The van der Waals surface area contributed by atoms with Crippen LogP contribution in [0, 0.1) is 11.3 Å². The third kappa shape index (κ3) is 5.55. The van der Waals surface area contributed by atoms with Crippen LogP contribution in [0.3, 0.4) is 0 Å². The van der Waals surface area contributed by atoms with Gasteiger partial charge in [0.1, 0.15) is 11.8 Å². The Hall–Kier alpha value is -0.890. The van der Waals surface area contributed by atoms with E-state index in [1.165, 1.54) is 0 Å². The molecule has 0 fully saturated rings. The summed E-state index contributed by atoms with van der Waals surface area (Å²) in [6, 6.07) is 1.65. The minimum absolute atomic E-state index is 0.113. The first-order valence-corrected chi connectivity index (χ1v) is 4.57. The molecule has 0 amide bonds. The van der Waals surface area contributed by atoms with E-state index in [-0.39, 0.29) is 12.4 Å². The lowest BCUT2D eigenvalue weighted by Crippen LogP contribution is -2.15. The molecule has 62 valence electrons. The van der Waals surface area contributed by atoms with E-state index in [4.69, 9.17) is 5.26 Å². The van der Waals surface area contributed by atoms with Gasteiger partial charge >= 0.3 is 5.97 Å². The molecule has 1 atom stereocenters. The number of hydrogen-bond acceptors (Lipinski definition) is 4. The van der Waals surface area contributed by atoms with E-state index < -0.39 is 16.8 Å². The normalized spacial score (nSPS) is 11.6. The second-order valence-electron chi connectivity index (χ2n) is 1.69. The van der Waals surface area contributed by atoms with E-state index in [1.54, 1.807) is 13.0 Å². The van der Waals surface area contributed by atoms with Crippen molar-refractivity contribution in [1.29, 1.82) is 5.26 Å². The van der Waals surface area contributed by atoms with Gasteiger partial charge in [-0.3, -0.25) is 9.00 Å². The van der Waals surface area contributed by atoms with Gasteiger partial charge in [0, 0.05) is 16.6 Å². The number of nitrogens with zero attached hydrogens (tertiary/aromatic N) is 1. The highest BCUT2D eigenvalue weighted by molar-refractivity contribution is 7.85. The zero-order chi connectivity index (χ0) is 8.69. The molecule has 0 aliphatic heterocycles. The van der Waals surface area contributed by atoms with Gasteiger partial charge in [0.15, 0.2) is 6.61 Å². The van der Waals surface area contributed by atoms with Crippen LogP contribution in [0.5, 0.6) is 0 Å². The van der Waals surface area contributed by atoms with E-state index >= 15 is 0 Å². The summed E-state index contributed by atoms with van der Waals surface area (Å²) in [6.45, 7) is 1.45. The van der Waals surface area contributed by atoms with Crippen molar-refractivity contribution in [3.63, 3.8) is 0 Å². The number of esters is 1. The standard InChI is InChI=1S/C6H9NO3S/c1-2-11(9)5-6(8)10-4-3-7/h2,4-5H2,1H3. The summed E-state index contributed by atoms with van der Waals surface area (Å²) in [5.41, 5.74) is 0. The Morgan fingerprint density at radius 2 is 2.36 bits per heavy atom. The highest BCUT2D eigenvalue weighted by Gasteiger charge is 2.06. The lowest BCUT2D eigenvalue weighted by atomic mass is 10.7. The Morgan fingerprint density at radius 1 is 1.73 bits per heavy atom. The second-order valence-corrected chi connectivity index (χ2v) is 3.44. The maximum atomic E-state index is 10.7. The van der Waals surface area contributed by atoms with Crippen LogP contribution in [0.1, 0.15) is 6.92 Å². The Kier molecular flexibility index (Phi) is 5.39. The molecule has 0 bridgehead atoms. The fraction of sp³-hybridized carbons (Fsp3) is 0.667. The van der Waals surface area contributed by atoms with Gasteiger partial charge in [0.05, 0.1) is 0 Å². The predicted molar refractivity (Wildman–Crippen MR) is 40.1 cm³/mol. The van der Waals surface area contributed by atoms with Crippen molar-refractivity contribution in [3.8, 4) is 6.07 Å². The average Bonchev–Trinajstić information content (AvgIpc) is 2.00. The lowest BCUT2D eigenvalue weighted by Gasteiger charge is -1.97. The summed E-state index contributed by atoms with van der Waals surface area (Å²) in [5.74, 6) is -0.258. The molecule has 1 unspecified atom stereocenters. The SMILES string of the molecule is CCS(=O)CC(=O)OCC#N. The molecule has 0 aliphatic rings. The van der Waals surface area contributed by atoms with Crippen LogP contribution in [-0.2, 0) is 20.3 Å². The molecule has 0 radical (unpaired) electrons. The van der Waals surface area contributed by atoms with Crippen LogP contribution in [0.4, 0.5) is 0 Å². The molecule has 0 N–H and O–H groups in total. The van der Waals surface area contributed by atoms with Crippen molar-refractivity contribution in [3.05, 3.63) is 0 Å². The number of carbonyl (C=O) groups is 1. The largest absolute Gasteiger partial charge is 0.450 e. The summed E-state index contributed by atoms with van der Waals surface area (Å²) >= 11 is 0. The fourth-order valence-corrected chi connectivity index (χ4v) is 0.938. The first-order valence-electron chi connectivity index (χ1n) is 3.08.